The quantitative estimate of drug-likeness (QED) is 0.816. The molecule has 0 aliphatic heterocycles. The zero-order chi connectivity index (χ0) is 11.3. The molecule has 1 aromatic carbocycles. The van der Waals surface area contributed by atoms with Crippen molar-refractivity contribution < 1.29 is 14.6 Å². The Kier molecular flexibility index (Phi) is 3.69. The fraction of sp³-hybridized carbons (Fsp3) is 0.273. The van der Waals surface area contributed by atoms with Gasteiger partial charge in [0.2, 0.25) is 0 Å². The average Bonchev–Trinajstić information content (AvgIpc) is 2.25. The molecule has 0 aliphatic rings. The molecule has 0 spiro atoms. The summed E-state index contributed by atoms with van der Waals surface area (Å²) in [6.07, 6.45) is 0.839. The molecule has 78 valence electrons. The molecule has 0 saturated heterocycles. The Labute approximate surface area is 87.7 Å². The monoisotopic (exact) mass is 205 g/mol. The summed E-state index contributed by atoms with van der Waals surface area (Å²) in [4.78, 5) is 10.6. The van der Waals surface area contributed by atoms with E-state index in [2.05, 4.69) is 0 Å². The Morgan fingerprint density at radius 1 is 1.60 bits per heavy atom. The molecular weight excluding hydrogens is 194 g/mol. The third-order valence-electron chi connectivity index (χ3n) is 1.81. The topological polar surface area (TPSA) is 70.3 Å². The first kappa shape index (κ1) is 11.1. The molecule has 0 aromatic heterocycles. The zero-order valence-electron chi connectivity index (χ0n) is 8.36. The van der Waals surface area contributed by atoms with E-state index in [1.807, 2.05) is 13.0 Å². The van der Waals surface area contributed by atoms with Crippen LogP contribution in [0.5, 0.6) is 5.75 Å². The molecule has 1 aromatic rings. The number of hydrogen-bond acceptors (Lipinski definition) is 3. The van der Waals surface area contributed by atoms with Crippen LogP contribution >= 0.6 is 0 Å². The third-order valence-corrected chi connectivity index (χ3v) is 1.81. The summed E-state index contributed by atoms with van der Waals surface area (Å²) in [7, 11) is 0. The zero-order valence-corrected chi connectivity index (χ0v) is 8.36. The van der Waals surface area contributed by atoms with Crippen LogP contribution in [0.3, 0.4) is 0 Å². The van der Waals surface area contributed by atoms with Crippen LogP contribution in [0, 0.1) is 11.3 Å². The predicted octanol–water partition coefficient (Wildman–Crippen LogP) is 2.05. The van der Waals surface area contributed by atoms with Crippen molar-refractivity contribution in [3.63, 3.8) is 0 Å². The van der Waals surface area contributed by atoms with Crippen molar-refractivity contribution in [3.8, 4) is 11.8 Å². The standard InChI is InChI=1S/C11H11NO3/c1-2-5-15-10-4-3-8(11(13)14)6-9(10)7-12/h3-4,6H,2,5H2,1H3,(H,13,14). The van der Waals surface area contributed by atoms with Gasteiger partial charge in [-0.1, -0.05) is 6.92 Å². The van der Waals surface area contributed by atoms with Crippen LogP contribution in [0.1, 0.15) is 29.3 Å². The van der Waals surface area contributed by atoms with Crippen LogP contribution in [-0.2, 0) is 0 Å². The highest BCUT2D eigenvalue weighted by Crippen LogP contribution is 2.19. The number of rotatable bonds is 4. The maximum atomic E-state index is 10.6. The summed E-state index contributed by atoms with van der Waals surface area (Å²) in [5.74, 6) is -0.613. The molecule has 0 aliphatic carbocycles. The molecular formula is C11H11NO3. The van der Waals surface area contributed by atoms with Gasteiger partial charge in [0, 0.05) is 0 Å². The van der Waals surface area contributed by atoms with Gasteiger partial charge in [0.15, 0.2) is 0 Å². The van der Waals surface area contributed by atoms with E-state index in [-0.39, 0.29) is 11.1 Å². The summed E-state index contributed by atoms with van der Waals surface area (Å²) in [6.45, 7) is 2.47. The second-order valence-corrected chi connectivity index (χ2v) is 2.98. The Hall–Kier alpha value is -2.02. The largest absolute Gasteiger partial charge is 0.492 e. The Morgan fingerprint density at radius 2 is 2.33 bits per heavy atom. The SMILES string of the molecule is CCCOc1ccc(C(=O)O)cc1C#N. The summed E-state index contributed by atoms with van der Waals surface area (Å²) in [6, 6.07) is 6.16. The summed E-state index contributed by atoms with van der Waals surface area (Å²) in [5.41, 5.74) is 0.346. The molecule has 0 amide bonds. The van der Waals surface area contributed by atoms with Crippen molar-refractivity contribution in [2.75, 3.05) is 6.61 Å². The number of nitrogens with zero attached hydrogens (tertiary/aromatic N) is 1. The van der Waals surface area contributed by atoms with Gasteiger partial charge in [0.1, 0.15) is 11.8 Å². The maximum Gasteiger partial charge on any atom is 0.335 e. The van der Waals surface area contributed by atoms with Crippen molar-refractivity contribution in [3.05, 3.63) is 29.3 Å². The lowest BCUT2D eigenvalue weighted by Crippen LogP contribution is -2.01. The van der Waals surface area contributed by atoms with E-state index in [0.29, 0.717) is 12.4 Å². The fourth-order valence-corrected chi connectivity index (χ4v) is 1.09. The van der Waals surface area contributed by atoms with Gasteiger partial charge in [0.05, 0.1) is 17.7 Å². The molecule has 15 heavy (non-hydrogen) atoms. The Balaban J connectivity index is 3.00. The molecule has 0 bridgehead atoms. The van der Waals surface area contributed by atoms with E-state index in [1.165, 1.54) is 18.2 Å². The van der Waals surface area contributed by atoms with Crippen LogP contribution in [-0.4, -0.2) is 17.7 Å². The fourth-order valence-electron chi connectivity index (χ4n) is 1.09. The number of carbonyl (C=O) groups is 1. The normalized spacial score (nSPS) is 9.33. The first-order chi connectivity index (χ1) is 7.19. The third kappa shape index (κ3) is 2.71. The van der Waals surface area contributed by atoms with Crippen LogP contribution in [0.15, 0.2) is 18.2 Å². The number of aromatic carboxylic acids is 1. The first-order valence-corrected chi connectivity index (χ1v) is 4.59. The van der Waals surface area contributed by atoms with Gasteiger partial charge in [-0.2, -0.15) is 5.26 Å². The molecule has 0 fully saturated rings. The smallest absolute Gasteiger partial charge is 0.335 e. The highest BCUT2D eigenvalue weighted by Gasteiger charge is 2.08. The Morgan fingerprint density at radius 3 is 2.87 bits per heavy atom. The number of carboxylic acids is 1. The van der Waals surface area contributed by atoms with Crippen molar-refractivity contribution in [1.82, 2.24) is 0 Å². The second-order valence-electron chi connectivity index (χ2n) is 2.98. The molecule has 4 nitrogen and oxygen atoms in total. The first-order valence-electron chi connectivity index (χ1n) is 4.59. The van der Waals surface area contributed by atoms with Crippen LogP contribution in [0.25, 0.3) is 0 Å². The van der Waals surface area contributed by atoms with E-state index in [1.54, 1.807) is 0 Å². The van der Waals surface area contributed by atoms with Crippen LogP contribution in [0.4, 0.5) is 0 Å². The summed E-state index contributed by atoms with van der Waals surface area (Å²) < 4.78 is 5.30. The van der Waals surface area contributed by atoms with E-state index in [9.17, 15) is 4.79 Å². The maximum absolute atomic E-state index is 10.6. The number of nitriles is 1. The molecule has 0 atom stereocenters. The van der Waals surface area contributed by atoms with Crippen molar-refractivity contribution >= 4 is 5.97 Å². The van der Waals surface area contributed by atoms with E-state index < -0.39 is 5.97 Å². The minimum Gasteiger partial charge on any atom is -0.492 e. The lowest BCUT2D eigenvalue weighted by molar-refractivity contribution is 0.0697. The van der Waals surface area contributed by atoms with E-state index in [0.717, 1.165) is 6.42 Å². The highest BCUT2D eigenvalue weighted by molar-refractivity contribution is 5.88. The minimum absolute atomic E-state index is 0.0930. The van der Waals surface area contributed by atoms with Gasteiger partial charge in [0.25, 0.3) is 0 Å². The molecule has 0 unspecified atom stereocenters. The molecule has 1 N–H and O–H groups in total. The second kappa shape index (κ2) is 5.01. The van der Waals surface area contributed by atoms with E-state index in [4.69, 9.17) is 15.1 Å². The van der Waals surface area contributed by atoms with Gasteiger partial charge in [-0.15, -0.1) is 0 Å². The predicted molar refractivity (Wildman–Crippen MR) is 53.9 cm³/mol. The molecule has 4 heteroatoms. The molecule has 0 saturated carbocycles. The van der Waals surface area contributed by atoms with Gasteiger partial charge in [-0.3, -0.25) is 0 Å². The number of benzene rings is 1. The summed E-state index contributed by atoms with van der Waals surface area (Å²) in [5, 5.41) is 17.5. The van der Waals surface area contributed by atoms with Crippen LogP contribution < -0.4 is 4.74 Å². The van der Waals surface area contributed by atoms with Gasteiger partial charge >= 0.3 is 5.97 Å². The van der Waals surface area contributed by atoms with Crippen molar-refractivity contribution in [2.24, 2.45) is 0 Å². The van der Waals surface area contributed by atoms with Crippen molar-refractivity contribution in [1.29, 1.82) is 5.26 Å². The number of hydrogen-bond donors (Lipinski definition) is 1. The van der Waals surface area contributed by atoms with Gasteiger partial charge < -0.3 is 9.84 Å². The molecule has 0 radical (unpaired) electrons. The van der Waals surface area contributed by atoms with Crippen molar-refractivity contribution in [2.45, 2.75) is 13.3 Å². The van der Waals surface area contributed by atoms with Crippen LogP contribution in [0.2, 0.25) is 0 Å². The van der Waals surface area contributed by atoms with Gasteiger partial charge in [-0.05, 0) is 24.6 Å². The minimum atomic E-state index is -1.05. The summed E-state index contributed by atoms with van der Waals surface area (Å²) >= 11 is 0. The Bertz CT molecular complexity index is 407. The lowest BCUT2D eigenvalue weighted by atomic mass is 10.1. The van der Waals surface area contributed by atoms with Gasteiger partial charge in [-0.25, -0.2) is 4.79 Å². The molecule has 1 rings (SSSR count). The number of ether oxygens (including phenoxy) is 1. The van der Waals surface area contributed by atoms with E-state index >= 15 is 0 Å². The lowest BCUT2D eigenvalue weighted by Gasteiger charge is -2.06. The molecule has 0 heterocycles. The highest BCUT2D eigenvalue weighted by atomic mass is 16.5. The average molecular weight is 205 g/mol. The number of carboxylic acid groups (broad SMARTS) is 1.